The van der Waals surface area contributed by atoms with Crippen molar-refractivity contribution in [3.63, 3.8) is 0 Å². The zero-order chi connectivity index (χ0) is 16.3. The fourth-order valence-electron chi connectivity index (χ4n) is 2.59. The number of hydrogen-bond donors (Lipinski definition) is 2. The first-order valence-corrected chi connectivity index (χ1v) is 7.73. The second-order valence-corrected chi connectivity index (χ2v) is 6.86. The molecule has 2 unspecified atom stereocenters. The van der Waals surface area contributed by atoms with Crippen LogP contribution in [0.5, 0.6) is 0 Å². The predicted molar refractivity (Wildman–Crippen MR) is 85.6 cm³/mol. The SMILES string of the molecule is C[C@@H](NC1CN(C(=O)OC(C)(C)C)CC1O)c1ccccc1. The second-order valence-electron chi connectivity index (χ2n) is 6.86. The first-order chi connectivity index (χ1) is 10.3. The van der Waals surface area contributed by atoms with Crippen LogP contribution in [0.15, 0.2) is 30.3 Å². The summed E-state index contributed by atoms with van der Waals surface area (Å²) in [4.78, 5) is 13.6. The summed E-state index contributed by atoms with van der Waals surface area (Å²) in [6.07, 6.45) is -0.957. The summed E-state index contributed by atoms with van der Waals surface area (Å²) >= 11 is 0. The number of carbonyl (C=O) groups is 1. The number of nitrogens with zero attached hydrogens (tertiary/aromatic N) is 1. The van der Waals surface area contributed by atoms with Gasteiger partial charge < -0.3 is 20.1 Å². The normalized spacial score (nSPS) is 23.4. The molecule has 1 aromatic rings. The first kappa shape index (κ1) is 16.8. The standard InChI is InChI=1S/C17H26N2O3/c1-12(13-8-6-5-7-9-13)18-14-10-19(11-15(14)20)16(21)22-17(2,3)4/h5-9,12,14-15,18,20H,10-11H2,1-4H3/t12-,14?,15?/m1/s1. The van der Waals surface area contributed by atoms with Gasteiger partial charge in [-0.15, -0.1) is 0 Å². The molecule has 1 saturated heterocycles. The van der Waals surface area contributed by atoms with Gasteiger partial charge in [0.2, 0.25) is 0 Å². The van der Waals surface area contributed by atoms with E-state index in [1.54, 1.807) is 4.90 Å². The Morgan fingerprint density at radius 3 is 2.55 bits per heavy atom. The minimum absolute atomic E-state index is 0.111. The highest BCUT2D eigenvalue weighted by atomic mass is 16.6. The fourth-order valence-corrected chi connectivity index (χ4v) is 2.59. The third-order valence-corrected chi connectivity index (χ3v) is 3.70. The number of rotatable bonds is 3. The number of hydrogen-bond acceptors (Lipinski definition) is 4. The lowest BCUT2D eigenvalue weighted by molar-refractivity contribution is 0.0270. The summed E-state index contributed by atoms with van der Waals surface area (Å²) in [6.45, 7) is 8.32. The molecule has 5 nitrogen and oxygen atoms in total. The molecule has 0 spiro atoms. The van der Waals surface area contributed by atoms with Crippen LogP contribution in [0.25, 0.3) is 0 Å². The molecule has 0 aliphatic carbocycles. The molecule has 122 valence electrons. The Hall–Kier alpha value is -1.59. The Balaban J connectivity index is 1.92. The van der Waals surface area contributed by atoms with Crippen molar-refractivity contribution in [2.75, 3.05) is 13.1 Å². The van der Waals surface area contributed by atoms with Gasteiger partial charge >= 0.3 is 6.09 Å². The molecule has 3 atom stereocenters. The van der Waals surface area contributed by atoms with E-state index in [1.165, 1.54) is 0 Å². The lowest BCUT2D eigenvalue weighted by Crippen LogP contribution is -2.41. The second kappa shape index (κ2) is 6.67. The average Bonchev–Trinajstić information content (AvgIpc) is 2.79. The maximum atomic E-state index is 12.1. The number of aliphatic hydroxyl groups is 1. The molecule has 0 radical (unpaired) electrons. The van der Waals surface area contributed by atoms with E-state index < -0.39 is 11.7 Å². The Kier molecular flexibility index (Phi) is 5.08. The van der Waals surface area contributed by atoms with Gasteiger partial charge in [-0.05, 0) is 33.3 Å². The lowest BCUT2D eigenvalue weighted by atomic mass is 10.1. The largest absolute Gasteiger partial charge is 0.444 e. The van der Waals surface area contributed by atoms with Gasteiger partial charge in [0, 0.05) is 12.6 Å². The molecule has 1 amide bonds. The van der Waals surface area contributed by atoms with E-state index in [0.717, 1.165) is 5.56 Å². The van der Waals surface area contributed by atoms with Crippen LogP contribution >= 0.6 is 0 Å². The smallest absolute Gasteiger partial charge is 0.410 e. The third-order valence-electron chi connectivity index (χ3n) is 3.70. The highest BCUT2D eigenvalue weighted by Gasteiger charge is 2.36. The number of aliphatic hydroxyl groups excluding tert-OH is 1. The number of amides is 1. The van der Waals surface area contributed by atoms with Gasteiger partial charge in [0.1, 0.15) is 5.60 Å². The molecular formula is C17H26N2O3. The van der Waals surface area contributed by atoms with E-state index in [4.69, 9.17) is 4.74 Å². The number of carbonyl (C=O) groups excluding carboxylic acids is 1. The molecule has 1 aromatic carbocycles. The van der Waals surface area contributed by atoms with Crippen LogP contribution in [0, 0.1) is 0 Å². The maximum Gasteiger partial charge on any atom is 0.410 e. The number of nitrogens with one attached hydrogen (secondary N) is 1. The van der Waals surface area contributed by atoms with Crippen molar-refractivity contribution in [3.8, 4) is 0 Å². The van der Waals surface area contributed by atoms with Gasteiger partial charge in [-0.3, -0.25) is 0 Å². The van der Waals surface area contributed by atoms with Crippen LogP contribution in [-0.2, 0) is 4.74 Å². The summed E-state index contributed by atoms with van der Waals surface area (Å²) in [6, 6.07) is 10.0. The molecule has 5 heteroatoms. The quantitative estimate of drug-likeness (QED) is 0.899. The van der Waals surface area contributed by atoms with Crippen LogP contribution in [0.4, 0.5) is 4.79 Å². The zero-order valence-electron chi connectivity index (χ0n) is 13.7. The third kappa shape index (κ3) is 4.45. The number of ether oxygens (including phenoxy) is 1. The van der Waals surface area contributed by atoms with Gasteiger partial charge in [-0.2, -0.15) is 0 Å². The summed E-state index contributed by atoms with van der Waals surface area (Å²) < 4.78 is 5.36. The van der Waals surface area contributed by atoms with Gasteiger partial charge in [0.25, 0.3) is 0 Å². The fraction of sp³-hybridized carbons (Fsp3) is 0.588. The van der Waals surface area contributed by atoms with E-state index in [-0.39, 0.29) is 18.2 Å². The molecular weight excluding hydrogens is 280 g/mol. The molecule has 0 aromatic heterocycles. The van der Waals surface area contributed by atoms with Crippen LogP contribution < -0.4 is 5.32 Å². The zero-order valence-corrected chi connectivity index (χ0v) is 13.7. The summed E-state index contributed by atoms with van der Waals surface area (Å²) in [7, 11) is 0. The van der Waals surface area contributed by atoms with E-state index in [9.17, 15) is 9.90 Å². The minimum atomic E-state index is -0.585. The Morgan fingerprint density at radius 1 is 1.32 bits per heavy atom. The Morgan fingerprint density at radius 2 is 1.95 bits per heavy atom. The number of benzene rings is 1. The molecule has 2 N–H and O–H groups in total. The Labute approximate surface area is 132 Å². The summed E-state index contributed by atoms with van der Waals surface area (Å²) in [5.41, 5.74) is 0.635. The van der Waals surface area contributed by atoms with E-state index >= 15 is 0 Å². The predicted octanol–water partition coefficient (Wildman–Crippen LogP) is 2.32. The van der Waals surface area contributed by atoms with Gasteiger partial charge in [0.15, 0.2) is 0 Å². The number of β-amino-alcohol motifs (C(OH)–C–C–N with tert-alkyl or cyclic N) is 1. The monoisotopic (exact) mass is 306 g/mol. The highest BCUT2D eigenvalue weighted by Crippen LogP contribution is 2.19. The first-order valence-electron chi connectivity index (χ1n) is 7.73. The summed E-state index contributed by atoms with van der Waals surface area (Å²) in [5.74, 6) is 0. The molecule has 1 aliphatic rings. The molecule has 0 bridgehead atoms. The molecule has 1 fully saturated rings. The number of likely N-dealkylation sites (tertiary alicyclic amines) is 1. The van der Waals surface area contributed by atoms with Crippen LogP contribution in [0.2, 0.25) is 0 Å². The van der Waals surface area contributed by atoms with E-state index in [2.05, 4.69) is 12.2 Å². The highest BCUT2D eigenvalue weighted by molar-refractivity contribution is 5.68. The van der Waals surface area contributed by atoms with Gasteiger partial charge in [-0.1, -0.05) is 30.3 Å². The van der Waals surface area contributed by atoms with E-state index in [0.29, 0.717) is 13.1 Å². The Bertz CT molecular complexity index is 498. The lowest BCUT2D eigenvalue weighted by Gasteiger charge is -2.25. The molecule has 1 heterocycles. The van der Waals surface area contributed by atoms with Crippen molar-refractivity contribution in [2.45, 2.75) is 51.5 Å². The van der Waals surface area contributed by atoms with E-state index in [1.807, 2.05) is 51.1 Å². The van der Waals surface area contributed by atoms with Gasteiger partial charge in [0.05, 0.1) is 18.7 Å². The summed E-state index contributed by atoms with van der Waals surface area (Å²) in [5, 5.41) is 13.6. The van der Waals surface area contributed by atoms with Crippen LogP contribution in [-0.4, -0.2) is 46.9 Å². The average molecular weight is 306 g/mol. The minimum Gasteiger partial charge on any atom is -0.444 e. The molecule has 0 saturated carbocycles. The molecule has 2 rings (SSSR count). The van der Waals surface area contributed by atoms with Crippen molar-refractivity contribution in [3.05, 3.63) is 35.9 Å². The van der Waals surface area contributed by atoms with Crippen LogP contribution in [0.1, 0.15) is 39.3 Å². The maximum absolute atomic E-state index is 12.1. The van der Waals surface area contributed by atoms with Crippen molar-refractivity contribution >= 4 is 6.09 Å². The molecule has 22 heavy (non-hydrogen) atoms. The van der Waals surface area contributed by atoms with Crippen molar-refractivity contribution < 1.29 is 14.6 Å². The van der Waals surface area contributed by atoms with Crippen LogP contribution in [0.3, 0.4) is 0 Å². The van der Waals surface area contributed by atoms with Crippen molar-refractivity contribution in [2.24, 2.45) is 0 Å². The van der Waals surface area contributed by atoms with Crippen molar-refractivity contribution in [1.82, 2.24) is 10.2 Å². The van der Waals surface area contributed by atoms with Crippen molar-refractivity contribution in [1.29, 1.82) is 0 Å². The molecule has 1 aliphatic heterocycles. The van der Waals surface area contributed by atoms with Gasteiger partial charge in [-0.25, -0.2) is 4.79 Å². The topological polar surface area (TPSA) is 61.8 Å².